The first-order chi connectivity index (χ1) is 24.3. The molecule has 6 aromatic carbocycles. The van der Waals surface area contributed by atoms with Crippen molar-refractivity contribution in [1.82, 2.24) is 9.97 Å². The maximum Gasteiger partial charge on any atom is 0.142 e. The van der Waals surface area contributed by atoms with Gasteiger partial charge in [0.2, 0.25) is 0 Å². The number of hydrogen-bond donors (Lipinski definition) is 0. The van der Waals surface area contributed by atoms with Gasteiger partial charge in [-0.2, -0.15) is 0 Å². The molecule has 0 saturated carbocycles. The first-order valence-electron chi connectivity index (χ1n) is 17.2. The molecule has 3 nitrogen and oxygen atoms in total. The van der Waals surface area contributed by atoms with Crippen LogP contribution < -0.4 is 0 Å². The smallest absolute Gasteiger partial charge is 0.142 e. The number of hydrogen-bond acceptors (Lipinski definition) is 3. The number of aromatic nitrogens is 2. The van der Waals surface area contributed by atoms with Crippen LogP contribution in [0, 0.1) is 5.92 Å². The third kappa shape index (κ3) is 4.57. The van der Waals surface area contributed by atoms with E-state index in [9.17, 15) is 0 Å². The number of furan rings is 1. The van der Waals surface area contributed by atoms with Crippen LogP contribution in [0.3, 0.4) is 0 Å². The van der Waals surface area contributed by atoms with E-state index in [1.165, 1.54) is 38.4 Å². The van der Waals surface area contributed by atoms with E-state index in [-0.39, 0.29) is 0 Å². The lowest BCUT2D eigenvalue weighted by Gasteiger charge is -2.22. The van der Waals surface area contributed by atoms with E-state index in [0.717, 1.165) is 74.8 Å². The Balaban J connectivity index is 1.04. The van der Waals surface area contributed by atoms with Gasteiger partial charge in [-0.15, -0.1) is 0 Å². The Morgan fingerprint density at radius 2 is 1.31 bits per heavy atom. The van der Waals surface area contributed by atoms with Crippen LogP contribution in [0.1, 0.15) is 29.7 Å². The molecule has 0 aliphatic heterocycles. The third-order valence-electron chi connectivity index (χ3n) is 10.3. The molecule has 232 valence electrons. The number of nitrogens with zero attached hydrogens (tertiary/aromatic N) is 2. The van der Waals surface area contributed by atoms with Gasteiger partial charge in [0.05, 0.1) is 22.9 Å². The van der Waals surface area contributed by atoms with Gasteiger partial charge >= 0.3 is 0 Å². The minimum atomic E-state index is 0.304. The summed E-state index contributed by atoms with van der Waals surface area (Å²) in [5, 5.41) is 5.87. The van der Waals surface area contributed by atoms with Crippen molar-refractivity contribution in [1.29, 1.82) is 0 Å². The Bertz CT molecular complexity index is 2660. The molecule has 0 spiro atoms. The Hall–Kier alpha value is -6.06. The van der Waals surface area contributed by atoms with E-state index in [2.05, 4.69) is 146 Å². The molecule has 1 unspecified atom stereocenters. The lowest BCUT2D eigenvalue weighted by atomic mass is 9.82. The van der Waals surface area contributed by atoms with Crippen molar-refractivity contribution < 1.29 is 4.42 Å². The van der Waals surface area contributed by atoms with Gasteiger partial charge < -0.3 is 4.42 Å². The van der Waals surface area contributed by atoms with Crippen LogP contribution in [0.15, 0.2) is 156 Å². The lowest BCUT2D eigenvalue weighted by molar-refractivity contribution is 0.579. The summed E-state index contributed by atoms with van der Waals surface area (Å²) in [4.78, 5) is 10.3. The zero-order chi connectivity index (χ0) is 32.3. The number of benzene rings is 6. The van der Waals surface area contributed by atoms with Crippen molar-refractivity contribution in [3.63, 3.8) is 0 Å². The minimum absolute atomic E-state index is 0.304. The summed E-state index contributed by atoms with van der Waals surface area (Å²) in [6.07, 6.45) is 14.3. The van der Waals surface area contributed by atoms with E-state index >= 15 is 0 Å². The van der Waals surface area contributed by atoms with E-state index in [4.69, 9.17) is 14.4 Å². The Kier molecular flexibility index (Phi) is 6.45. The summed E-state index contributed by atoms with van der Waals surface area (Å²) in [6, 6.07) is 42.9. The predicted octanol–water partition coefficient (Wildman–Crippen LogP) is 12.0. The predicted molar refractivity (Wildman–Crippen MR) is 203 cm³/mol. The summed E-state index contributed by atoms with van der Waals surface area (Å²) >= 11 is 0. The molecule has 1 atom stereocenters. The summed E-state index contributed by atoms with van der Waals surface area (Å²) in [7, 11) is 0. The summed E-state index contributed by atoms with van der Waals surface area (Å²) in [5.74, 6) is 1.36. The van der Waals surface area contributed by atoms with E-state index in [0.29, 0.717) is 5.92 Å². The van der Waals surface area contributed by atoms with E-state index < -0.39 is 0 Å². The fourth-order valence-electron chi connectivity index (χ4n) is 7.97. The zero-order valence-corrected chi connectivity index (χ0v) is 26.9. The highest BCUT2D eigenvalue weighted by Crippen LogP contribution is 2.44. The standard InChI is InChI=1S/C46H32N2O/c1-2-11-29(12-3-1)30-23-25-31(26-24-30)34-19-9-21-40-41-22-10-20-35(46(41)49-45(34)40)32-13-8-14-33(27-32)42-28-47-43-38-17-6-4-15-36(38)37-16-5-7-18-39(37)44(43)48-42/h1-8,10-20,22-25,27-28,31H,9,21,26H2. The molecule has 3 heteroatoms. The Morgan fingerprint density at radius 3 is 2.10 bits per heavy atom. The average molecular weight is 629 g/mol. The van der Waals surface area contributed by atoms with Crippen molar-refractivity contribution in [3.05, 3.63) is 169 Å². The van der Waals surface area contributed by atoms with Gasteiger partial charge in [0, 0.05) is 38.8 Å². The van der Waals surface area contributed by atoms with Gasteiger partial charge in [0.1, 0.15) is 11.3 Å². The highest BCUT2D eigenvalue weighted by molar-refractivity contribution is 6.23. The zero-order valence-electron chi connectivity index (χ0n) is 26.9. The first-order valence-corrected chi connectivity index (χ1v) is 17.2. The van der Waals surface area contributed by atoms with Crippen molar-refractivity contribution in [2.45, 2.75) is 19.3 Å². The fourth-order valence-corrected chi connectivity index (χ4v) is 7.97. The Morgan fingerprint density at radius 1 is 0.612 bits per heavy atom. The maximum atomic E-state index is 6.89. The molecule has 0 N–H and O–H groups in total. The van der Waals surface area contributed by atoms with Gasteiger partial charge in [-0.1, -0.05) is 140 Å². The average Bonchev–Trinajstić information content (AvgIpc) is 3.58. The Labute approximate surface area is 284 Å². The third-order valence-corrected chi connectivity index (χ3v) is 10.3. The van der Waals surface area contributed by atoms with Crippen molar-refractivity contribution in [2.75, 3.05) is 0 Å². The highest BCUT2D eigenvalue weighted by atomic mass is 16.3. The quantitative estimate of drug-likeness (QED) is 0.182. The molecule has 2 heterocycles. The topological polar surface area (TPSA) is 38.9 Å². The summed E-state index contributed by atoms with van der Waals surface area (Å²) in [5.41, 5.74) is 12.1. The van der Waals surface area contributed by atoms with Gasteiger partial charge in [0.15, 0.2) is 0 Å². The number of allylic oxidation sites excluding steroid dienone is 6. The van der Waals surface area contributed by atoms with E-state index in [1.54, 1.807) is 0 Å². The van der Waals surface area contributed by atoms with Crippen molar-refractivity contribution in [3.8, 4) is 22.4 Å². The number of fused-ring (bicyclic) bond motifs is 9. The van der Waals surface area contributed by atoms with Crippen LogP contribution in [0.4, 0.5) is 0 Å². The molecular weight excluding hydrogens is 597 g/mol. The molecule has 0 saturated heterocycles. The molecule has 49 heavy (non-hydrogen) atoms. The molecule has 0 fully saturated rings. The van der Waals surface area contributed by atoms with Crippen LogP contribution in [-0.4, -0.2) is 9.97 Å². The second-order valence-electron chi connectivity index (χ2n) is 13.1. The van der Waals surface area contributed by atoms with Crippen LogP contribution >= 0.6 is 0 Å². The molecular formula is C46H32N2O. The molecule has 0 radical (unpaired) electrons. The molecule has 8 aromatic rings. The molecule has 0 bridgehead atoms. The van der Waals surface area contributed by atoms with Crippen LogP contribution in [0.25, 0.3) is 77.1 Å². The van der Waals surface area contributed by atoms with Gasteiger partial charge in [-0.05, 0) is 58.4 Å². The maximum absolute atomic E-state index is 6.89. The van der Waals surface area contributed by atoms with Crippen LogP contribution in [0.2, 0.25) is 0 Å². The second-order valence-corrected chi connectivity index (χ2v) is 13.1. The largest absolute Gasteiger partial charge is 0.455 e. The van der Waals surface area contributed by atoms with Crippen molar-refractivity contribution in [2.24, 2.45) is 5.92 Å². The normalized spacial score (nSPS) is 15.9. The van der Waals surface area contributed by atoms with Gasteiger partial charge in [-0.3, -0.25) is 4.98 Å². The molecule has 2 aliphatic carbocycles. The lowest BCUT2D eigenvalue weighted by Crippen LogP contribution is -2.07. The monoisotopic (exact) mass is 628 g/mol. The van der Waals surface area contributed by atoms with Gasteiger partial charge in [0.25, 0.3) is 0 Å². The molecule has 2 aliphatic rings. The summed E-state index contributed by atoms with van der Waals surface area (Å²) < 4.78 is 6.89. The number of rotatable bonds is 4. The van der Waals surface area contributed by atoms with Crippen LogP contribution in [0.5, 0.6) is 0 Å². The minimum Gasteiger partial charge on any atom is -0.455 e. The number of aryl methyl sites for hydroxylation is 1. The molecule has 2 aromatic heterocycles. The molecule has 10 rings (SSSR count). The first kappa shape index (κ1) is 28.0. The second kappa shape index (κ2) is 11.3. The van der Waals surface area contributed by atoms with Gasteiger partial charge in [-0.25, -0.2) is 4.98 Å². The summed E-state index contributed by atoms with van der Waals surface area (Å²) in [6.45, 7) is 0. The van der Waals surface area contributed by atoms with E-state index in [1.807, 2.05) is 6.20 Å². The number of para-hydroxylation sites is 1. The van der Waals surface area contributed by atoms with Crippen LogP contribution in [-0.2, 0) is 6.42 Å². The molecule has 0 amide bonds. The fraction of sp³-hybridized carbons (Fsp3) is 0.0870. The van der Waals surface area contributed by atoms with Crippen molar-refractivity contribution >= 4 is 54.7 Å². The highest BCUT2D eigenvalue weighted by Gasteiger charge is 2.27. The SMILES string of the molecule is C1=CC(C2=CCCc3c2oc2c(-c4cccc(-c5cnc6c7ccccc7c7ccccc7c6n5)c4)cccc32)CC=C1c1ccccc1.